The molecule has 38 heavy (non-hydrogen) atoms. The van der Waals surface area contributed by atoms with Crippen molar-refractivity contribution in [1.29, 1.82) is 5.41 Å². The SMILES string of the molecule is COc1cc(C(Cc2ccc(C(=N)N)cc2)c2nn(-c3ccccc3)c(=O)[nH]2)ccc1OC(C)CN(C)C. The second kappa shape index (κ2) is 11.8. The van der Waals surface area contributed by atoms with Gasteiger partial charge in [-0.1, -0.05) is 48.5 Å². The first kappa shape index (κ1) is 26.7. The molecule has 4 aromatic rings. The number of nitrogens with one attached hydrogen (secondary N) is 2. The molecule has 9 heteroatoms. The van der Waals surface area contributed by atoms with Crippen LogP contribution in [0.4, 0.5) is 0 Å². The van der Waals surface area contributed by atoms with Crippen molar-refractivity contribution in [3.8, 4) is 17.2 Å². The van der Waals surface area contributed by atoms with Crippen LogP contribution in [0.5, 0.6) is 11.5 Å². The lowest BCUT2D eigenvalue weighted by atomic mass is 9.90. The van der Waals surface area contributed by atoms with E-state index in [4.69, 9.17) is 20.6 Å². The number of aromatic amines is 1. The van der Waals surface area contributed by atoms with E-state index < -0.39 is 0 Å². The number of hydrogen-bond acceptors (Lipinski definition) is 6. The van der Waals surface area contributed by atoms with Gasteiger partial charge in [-0.05, 0) is 62.8 Å². The maximum Gasteiger partial charge on any atom is 0.348 e. The van der Waals surface area contributed by atoms with Crippen molar-refractivity contribution in [2.45, 2.75) is 25.4 Å². The van der Waals surface area contributed by atoms with E-state index in [-0.39, 0.29) is 23.5 Å². The topological polar surface area (TPSA) is 122 Å². The number of nitrogens with zero attached hydrogens (tertiary/aromatic N) is 3. The zero-order valence-electron chi connectivity index (χ0n) is 22.1. The Bertz CT molecular complexity index is 1430. The molecule has 1 heterocycles. The van der Waals surface area contributed by atoms with Crippen LogP contribution in [0.1, 0.15) is 35.4 Å². The van der Waals surface area contributed by atoms with Crippen LogP contribution in [-0.2, 0) is 6.42 Å². The first-order valence-electron chi connectivity index (χ1n) is 12.4. The van der Waals surface area contributed by atoms with Crippen molar-refractivity contribution >= 4 is 5.84 Å². The zero-order chi connectivity index (χ0) is 27.2. The quantitative estimate of drug-likeness (QED) is 0.208. The predicted molar refractivity (Wildman–Crippen MR) is 149 cm³/mol. The largest absolute Gasteiger partial charge is 0.493 e. The second-order valence-electron chi connectivity index (χ2n) is 9.53. The number of para-hydroxylation sites is 1. The molecule has 3 aromatic carbocycles. The highest BCUT2D eigenvalue weighted by atomic mass is 16.5. The van der Waals surface area contributed by atoms with E-state index >= 15 is 0 Å². The van der Waals surface area contributed by atoms with E-state index in [9.17, 15) is 4.79 Å². The number of likely N-dealkylation sites (N-methyl/N-ethyl adjacent to an activating group) is 1. The van der Waals surface area contributed by atoms with Gasteiger partial charge in [0.2, 0.25) is 0 Å². The van der Waals surface area contributed by atoms with Gasteiger partial charge in [-0.3, -0.25) is 10.4 Å². The minimum Gasteiger partial charge on any atom is -0.493 e. The minimum atomic E-state index is -0.312. The van der Waals surface area contributed by atoms with Gasteiger partial charge in [-0.2, -0.15) is 4.68 Å². The Morgan fingerprint density at radius 3 is 2.42 bits per heavy atom. The van der Waals surface area contributed by atoms with Crippen LogP contribution in [0.2, 0.25) is 0 Å². The number of rotatable bonds is 11. The van der Waals surface area contributed by atoms with Crippen molar-refractivity contribution < 1.29 is 9.47 Å². The van der Waals surface area contributed by atoms with Crippen molar-refractivity contribution in [3.05, 3.63) is 106 Å². The molecule has 0 aliphatic heterocycles. The van der Waals surface area contributed by atoms with Gasteiger partial charge >= 0.3 is 5.69 Å². The molecule has 2 atom stereocenters. The monoisotopic (exact) mass is 514 g/mol. The zero-order valence-corrected chi connectivity index (χ0v) is 22.1. The standard InChI is InChI=1S/C29H34N6O3/c1-19(18-34(2)3)38-25-15-14-22(17-26(25)37-4)24(16-20-10-12-21(13-11-20)27(30)31)28-32-29(36)35(33-28)23-8-6-5-7-9-23/h5-15,17,19,24H,16,18H2,1-4H3,(H3,30,31)(H,32,33,36). The van der Waals surface area contributed by atoms with Crippen LogP contribution in [0.25, 0.3) is 5.69 Å². The van der Waals surface area contributed by atoms with E-state index in [2.05, 4.69) is 15.0 Å². The fraction of sp³-hybridized carbons (Fsp3) is 0.276. The summed E-state index contributed by atoms with van der Waals surface area (Å²) in [7, 11) is 5.62. The molecule has 0 saturated carbocycles. The lowest BCUT2D eigenvalue weighted by molar-refractivity contribution is 0.171. The smallest absolute Gasteiger partial charge is 0.348 e. The van der Waals surface area contributed by atoms with Gasteiger partial charge in [0.15, 0.2) is 11.5 Å². The van der Waals surface area contributed by atoms with E-state index in [1.165, 1.54) is 4.68 Å². The summed E-state index contributed by atoms with van der Waals surface area (Å²) < 4.78 is 13.2. The number of benzene rings is 3. The first-order valence-corrected chi connectivity index (χ1v) is 12.4. The number of nitrogens with two attached hydrogens (primary N) is 1. The molecule has 0 spiro atoms. The molecule has 0 fully saturated rings. The summed E-state index contributed by atoms with van der Waals surface area (Å²) in [6.45, 7) is 2.78. The lowest BCUT2D eigenvalue weighted by Gasteiger charge is -2.22. The van der Waals surface area contributed by atoms with E-state index in [0.717, 1.165) is 17.7 Å². The molecule has 9 nitrogen and oxygen atoms in total. The summed E-state index contributed by atoms with van der Waals surface area (Å²) in [6.07, 6.45) is 0.526. The van der Waals surface area contributed by atoms with Crippen molar-refractivity contribution in [2.24, 2.45) is 5.73 Å². The van der Waals surface area contributed by atoms with Crippen LogP contribution in [0.15, 0.2) is 77.6 Å². The molecule has 0 aliphatic carbocycles. The summed E-state index contributed by atoms with van der Waals surface area (Å²) in [5.41, 5.74) is 8.58. The van der Waals surface area contributed by atoms with E-state index in [1.54, 1.807) is 7.11 Å². The maximum absolute atomic E-state index is 12.9. The molecule has 0 aliphatic rings. The van der Waals surface area contributed by atoms with Gasteiger partial charge < -0.3 is 20.1 Å². The number of ether oxygens (including phenoxy) is 2. The average Bonchev–Trinajstić information content (AvgIpc) is 3.29. The summed E-state index contributed by atoms with van der Waals surface area (Å²) in [5, 5.41) is 12.3. The summed E-state index contributed by atoms with van der Waals surface area (Å²) in [4.78, 5) is 17.9. The first-order chi connectivity index (χ1) is 18.2. The molecule has 4 rings (SSSR count). The van der Waals surface area contributed by atoms with Gasteiger partial charge in [0.05, 0.1) is 12.8 Å². The molecule has 4 N–H and O–H groups in total. The molecule has 1 aromatic heterocycles. The van der Waals surface area contributed by atoms with Gasteiger partial charge in [0, 0.05) is 18.0 Å². The number of amidine groups is 1. The molecule has 0 amide bonds. The molecular weight excluding hydrogens is 480 g/mol. The number of hydrogen-bond donors (Lipinski definition) is 3. The normalized spacial score (nSPS) is 12.8. The average molecular weight is 515 g/mol. The predicted octanol–water partition coefficient (Wildman–Crippen LogP) is 3.56. The Morgan fingerprint density at radius 2 is 1.79 bits per heavy atom. The molecule has 2 unspecified atom stereocenters. The number of nitrogen functional groups attached to an aromatic ring is 1. The van der Waals surface area contributed by atoms with Gasteiger partial charge in [0.1, 0.15) is 17.8 Å². The summed E-state index contributed by atoms with van der Waals surface area (Å²) >= 11 is 0. The number of aromatic nitrogens is 3. The third-order valence-electron chi connectivity index (χ3n) is 6.21. The van der Waals surface area contributed by atoms with Crippen LogP contribution >= 0.6 is 0 Å². The Morgan fingerprint density at radius 1 is 1.08 bits per heavy atom. The minimum absolute atomic E-state index is 0.0165. The third-order valence-corrected chi connectivity index (χ3v) is 6.21. The number of H-pyrrole nitrogens is 1. The second-order valence-corrected chi connectivity index (χ2v) is 9.53. The van der Waals surface area contributed by atoms with Crippen LogP contribution < -0.4 is 20.9 Å². The molecule has 0 saturated heterocycles. The molecule has 0 bridgehead atoms. The van der Waals surface area contributed by atoms with Gasteiger partial charge in [-0.15, -0.1) is 5.10 Å². The van der Waals surface area contributed by atoms with Crippen molar-refractivity contribution in [2.75, 3.05) is 27.7 Å². The number of methoxy groups -OCH3 is 1. The molecule has 198 valence electrons. The fourth-order valence-electron chi connectivity index (χ4n) is 4.44. The highest BCUT2D eigenvalue weighted by Gasteiger charge is 2.23. The Hall–Kier alpha value is -4.37. The lowest BCUT2D eigenvalue weighted by Crippen LogP contribution is -2.28. The maximum atomic E-state index is 12.9. The van der Waals surface area contributed by atoms with Gasteiger partial charge in [0.25, 0.3) is 0 Å². The third kappa shape index (κ3) is 6.30. The Kier molecular flexibility index (Phi) is 8.28. The van der Waals surface area contributed by atoms with Crippen LogP contribution in [0.3, 0.4) is 0 Å². The fourth-order valence-corrected chi connectivity index (χ4v) is 4.44. The van der Waals surface area contributed by atoms with Crippen LogP contribution in [0, 0.1) is 5.41 Å². The molecule has 0 radical (unpaired) electrons. The summed E-state index contributed by atoms with van der Waals surface area (Å²) in [6, 6.07) is 22.6. The Balaban J connectivity index is 1.73. The van der Waals surface area contributed by atoms with Crippen molar-refractivity contribution in [3.63, 3.8) is 0 Å². The van der Waals surface area contributed by atoms with Gasteiger partial charge in [-0.25, -0.2) is 4.79 Å². The summed E-state index contributed by atoms with van der Waals surface area (Å²) in [5.74, 6) is 1.53. The Labute approximate surface area is 222 Å². The molecular formula is C29H34N6O3. The van der Waals surface area contributed by atoms with E-state index in [1.807, 2.05) is 93.8 Å². The highest BCUT2D eigenvalue weighted by molar-refractivity contribution is 5.94. The van der Waals surface area contributed by atoms with E-state index in [0.29, 0.717) is 35.0 Å². The highest BCUT2D eigenvalue weighted by Crippen LogP contribution is 2.35. The van der Waals surface area contributed by atoms with Crippen LogP contribution in [-0.4, -0.2) is 59.4 Å². The van der Waals surface area contributed by atoms with Crippen molar-refractivity contribution in [1.82, 2.24) is 19.7 Å².